The van der Waals surface area contributed by atoms with Gasteiger partial charge in [-0.05, 0) is 46.5 Å². The van der Waals surface area contributed by atoms with Crippen molar-refractivity contribution in [2.45, 2.75) is 0 Å². The summed E-state index contributed by atoms with van der Waals surface area (Å²) in [6.07, 6.45) is 7.00. The molecule has 0 fully saturated rings. The average Bonchev–Trinajstić information content (AvgIpc) is 3.82. The van der Waals surface area contributed by atoms with E-state index < -0.39 is 0 Å². The molecule has 9 aromatic rings. The average molecular weight is 619 g/mol. The lowest BCUT2D eigenvalue weighted by Gasteiger charge is -2.09. The SMILES string of the molecule is c1ccc(-c2ccc(-c3ccc(-c4ccc(-c5ccccc5)c5nn(-c6ccncc6)nc45)cc3)c3nn(-c4ccncc4)nc23)cc1. The fraction of sp³-hybridized carbons (Fsp3) is 0. The van der Waals surface area contributed by atoms with Gasteiger partial charge in [-0.3, -0.25) is 9.97 Å². The molecule has 0 spiro atoms. The Hall–Kier alpha value is -6.80. The highest BCUT2D eigenvalue weighted by atomic mass is 15.5. The van der Waals surface area contributed by atoms with Gasteiger partial charge in [-0.15, -0.1) is 20.4 Å². The Morgan fingerprint density at radius 2 is 0.583 bits per heavy atom. The smallest absolute Gasteiger partial charge is 0.122 e. The molecule has 8 heteroatoms. The Balaban J connectivity index is 1.17. The quantitative estimate of drug-likeness (QED) is 0.185. The van der Waals surface area contributed by atoms with E-state index in [2.05, 4.69) is 82.8 Å². The van der Waals surface area contributed by atoms with E-state index in [0.717, 1.165) is 77.9 Å². The number of fused-ring (bicyclic) bond motifs is 2. The third-order valence-electron chi connectivity index (χ3n) is 8.55. The number of nitrogens with zero attached hydrogens (tertiary/aromatic N) is 8. The zero-order valence-corrected chi connectivity index (χ0v) is 25.6. The van der Waals surface area contributed by atoms with Crippen LogP contribution in [0.4, 0.5) is 0 Å². The van der Waals surface area contributed by atoms with Gasteiger partial charge in [0.1, 0.15) is 22.1 Å². The maximum Gasteiger partial charge on any atom is 0.122 e. The summed E-state index contributed by atoms with van der Waals surface area (Å²) in [6, 6.07) is 45.3. The van der Waals surface area contributed by atoms with Gasteiger partial charge < -0.3 is 0 Å². The number of benzene rings is 5. The van der Waals surface area contributed by atoms with Crippen molar-refractivity contribution in [1.82, 2.24) is 40.0 Å². The van der Waals surface area contributed by atoms with Gasteiger partial charge in [0.25, 0.3) is 0 Å². The molecule has 5 aromatic carbocycles. The molecule has 0 saturated carbocycles. The van der Waals surface area contributed by atoms with Crippen molar-refractivity contribution in [3.05, 3.63) is 158 Å². The van der Waals surface area contributed by atoms with Crippen LogP contribution in [0.15, 0.2) is 158 Å². The van der Waals surface area contributed by atoms with Gasteiger partial charge >= 0.3 is 0 Å². The van der Waals surface area contributed by atoms with E-state index in [0.29, 0.717) is 0 Å². The Bertz CT molecular complexity index is 2350. The van der Waals surface area contributed by atoms with Crippen LogP contribution in [0.1, 0.15) is 0 Å². The van der Waals surface area contributed by atoms with E-state index in [1.165, 1.54) is 0 Å². The lowest BCUT2D eigenvalue weighted by molar-refractivity contribution is 0.764. The third kappa shape index (κ3) is 4.80. The summed E-state index contributed by atoms with van der Waals surface area (Å²) in [5.74, 6) is 0. The van der Waals surface area contributed by atoms with E-state index in [4.69, 9.17) is 20.4 Å². The first-order valence-electron chi connectivity index (χ1n) is 15.6. The second-order valence-electron chi connectivity index (χ2n) is 11.4. The molecule has 9 rings (SSSR count). The zero-order valence-electron chi connectivity index (χ0n) is 25.6. The van der Waals surface area contributed by atoms with Crippen LogP contribution in [0.3, 0.4) is 0 Å². The highest BCUT2D eigenvalue weighted by molar-refractivity contribution is 6.02. The summed E-state index contributed by atoms with van der Waals surface area (Å²) in [4.78, 5) is 11.7. The second-order valence-corrected chi connectivity index (χ2v) is 11.4. The Morgan fingerprint density at radius 3 is 0.896 bits per heavy atom. The molecule has 0 aliphatic heterocycles. The molecule has 0 amide bonds. The first kappa shape index (κ1) is 27.5. The fourth-order valence-electron chi connectivity index (χ4n) is 6.17. The van der Waals surface area contributed by atoms with E-state index in [-0.39, 0.29) is 0 Å². The van der Waals surface area contributed by atoms with Crippen molar-refractivity contribution >= 4 is 22.1 Å². The molecule has 8 nitrogen and oxygen atoms in total. The van der Waals surface area contributed by atoms with Crippen molar-refractivity contribution in [1.29, 1.82) is 0 Å². The molecule has 0 aliphatic rings. The van der Waals surface area contributed by atoms with Crippen LogP contribution >= 0.6 is 0 Å². The number of pyridine rings is 2. The summed E-state index contributed by atoms with van der Waals surface area (Å²) in [7, 11) is 0. The lowest BCUT2D eigenvalue weighted by atomic mass is 9.95. The summed E-state index contributed by atoms with van der Waals surface area (Å²) >= 11 is 0. The molecule has 0 radical (unpaired) electrons. The van der Waals surface area contributed by atoms with Crippen LogP contribution in [-0.4, -0.2) is 40.0 Å². The van der Waals surface area contributed by atoms with Crippen LogP contribution in [0.25, 0.3) is 77.9 Å². The Labute approximate surface area is 275 Å². The van der Waals surface area contributed by atoms with Gasteiger partial charge in [-0.25, -0.2) is 0 Å². The normalized spacial score (nSPS) is 11.3. The van der Waals surface area contributed by atoms with Gasteiger partial charge in [0.15, 0.2) is 0 Å². The minimum Gasteiger partial charge on any atom is -0.265 e. The van der Waals surface area contributed by atoms with Crippen LogP contribution < -0.4 is 0 Å². The van der Waals surface area contributed by atoms with E-state index in [1.54, 1.807) is 34.4 Å². The molecule has 0 unspecified atom stereocenters. The number of aromatic nitrogens is 8. The molecule has 4 aromatic heterocycles. The number of rotatable bonds is 6. The summed E-state index contributed by atoms with van der Waals surface area (Å²) in [5, 5.41) is 19.9. The minimum atomic E-state index is 0.829. The van der Waals surface area contributed by atoms with Crippen molar-refractivity contribution in [3.8, 4) is 55.9 Å². The molecule has 0 aliphatic carbocycles. The highest BCUT2D eigenvalue weighted by Gasteiger charge is 2.18. The predicted molar refractivity (Wildman–Crippen MR) is 189 cm³/mol. The van der Waals surface area contributed by atoms with Crippen LogP contribution in [0.2, 0.25) is 0 Å². The molecule has 0 N–H and O–H groups in total. The van der Waals surface area contributed by atoms with E-state index >= 15 is 0 Å². The fourth-order valence-corrected chi connectivity index (χ4v) is 6.17. The van der Waals surface area contributed by atoms with Crippen LogP contribution in [0.5, 0.6) is 0 Å². The molecule has 226 valence electrons. The largest absolute Gasteiger partial charge is 0.265 e. The van der Waals surface area contributed by atoms with Gasteiger partial charge in [-0.1, -0.05) is 109 Å². The van der Waals surface area contributed by atoms with Crippen molar-refractivity contribution in [2.75, 3.05) is 0 Å². The van der Waals surface area contributed by atoms with E-state index in [1.807, 2.05) is 60.7 Å². The first-order valence-corrected chi connectivity index (χ1v) is 15.6. The Morgan fingerprint density at radius 1 is 0.292 bits per heavy atom. The summed E-state index contributed by atoms with van der Waals surface area (Å²) < 4.78 is 0. The zero-order chi connectivity index (χ0) is 31.9. The van der Waals surface area contributed by atoms with Crippen molar-refractivity contribution in [3.63, 3.8) is 0 Å². The van der Waals surface area contributed by atoms with Crippen LogP contribution in [0, 0.1) is 0 Å². The van der Waals surface area contributed by atoms with Crippen molar-refractivity contribution < 1.29 is 0 Å². The summed E-state index contributed by atoms with van der Waals surface area (Å²) in [5.41, 5.74) is 13.4. The third-order valence-corrected chi connectivity index (χ3v) is 8.55. The van der Waals surface area contributed by atoms with Gasteiger partial charge in [0.05, 0.1) is 11.4 Å². The predicted octanol–water partition coefficient (Wildman–Crippen LogP) is 8.61. The maximum absolute atomic E-state index is 4.99. The molecular formula is C40H26N8. The minimum absolute atomic E-state index is 0.829. The second kappa shape index (κ2) is 11.5. The molecule has 48 heavy (non-hydrogen) atoms. The van der Waals surface area contributed by atoms with Gasteiger partial charge in [0.2, 0.25) is 0 Å². The lowest BCUT2D eigenvalue weighted by Crippen LogP contribution is -1.98. The van der Waals surface area contributed by atoms with Crippen LogP contribution in [-0.2, 0) is 0 Å². The molecular weight excluding hydrogens is 592 g/mol. The number of hydrogen-bond acceptors (Lipinski definition) is 6. The number of hydrogen-bond donors (Lipinski definition) is 0. The van der Waals surface area contributed by atoms with Crippen molar-refractivity contribution in [2.24, 2.45) is 0 Å². The van der Waals surface area contributed by atoms with E-state index in [9.17, 15) is 0 Å². The monoisotopic (exact) mass is 618 g/mol. The van der Waals surface area contributed by atoms with Gasteiger partial charge in [-0.2, -0.15) is 9.59 Å². The molecule has 4 heterocycles. The molecule has 0 atom stereocenters. The maximum atomic E-state index is 4.99. The Kier molecular flexibility index (Phi) is 6.61. The standard InChI is InChI=1S/C40H26N8/c1-3-7-27(8-4-1)33-15-17-35(39-37(33)43-47(45-39)31-19-23-41-24-20-31)29-11-13-30(14-12-29)36-18-16-34(28-9-5-2-6-10-28)38-40(36)46-48(44-38)32-21-25-42-26-22-32/h1-26H. The molecule has 0 saturated heterocycles. The topological polar surface area (TPSA) is 87.2 Å². The summed E-state index contributed by atoms with van der Waals surface area (Å²) in [6.45, 7) is 0. The molecule has 0 bridgehead atoms. The van der Waals surface area contributed by atoms with Gasteiger partial charge in [0, 0.05) is 47.0 Å². The highest BCUT2D eigenvalue weighted by Crippen LogP contribution is 2.37. The first-order chi connectivity index (χ1) is 23.8.